The van der Waals surface area contributed by atoms with E-state index in [4.69, 9.17) is 37.9 Å². The van der Waals surface area contributed by atoms with E-state index in [2.05, 4.69) is 26.1 Å². The summed E-state index contributed by atoms with van der Waals surface area (Å²) in [6.07, 6.45) is 0.358. The Bertz CT molecular complexity index is 1720. The van der Waals surface area contributed by atoms with Crippen molar-refractivity contribution in [3.05, 3.63) is 86.4 Å². The summed E-state index contributed by atoms with van der Waals surface area (Å²) in [7, 11) is 0. The molecule has 0 saturated carbocycles. The van der Waals surface area contributed by atoms with Gasteiger partial charge in [-0.25, -0.2) is 9.79 Å². The lowest BCUT2D eigenvalue weighted by atomic mass is 9.96. The fourth-order valence-electron chi connectivity index (χ4n) is 4.85. The summed E-state index contributed by atoms with van der Waals surface area (Å²) in [4.78, 5) is 44.2. The van der Waals surface area contributed by atoms with Gasteiger partial charge in [0, 0.05) is 31.1 Å². The molecule has 0 fully saturated rings. The van der Waals surface area contributed by atoms with Crippen molar-refractivity contribution < 1.29 is 28.4 Å². The van der Waals surface area contributed by atoms with Crippen molar-refractivity contribution in [2.24, 2.45) is 10.7 Å². The number of nitrogens with two attached hydrogens (primary N) is 1. The molecular weight excluding hydrogens is 613 g/mol. The number of hydrogen-bond acceptors (Lipinski definition) is 8. The fraction of sp³-hybridized carbons (Fsp3) is 0.276. The van der Waals surface area contributed by atoms with Crippen LogP contribution in [0.5, 0.6) is 0 Å². The molecule has 44 heavy (non-hydrogen) atoms. The molecular formula is C29H29Cl2N7O6. The minimum absolute atomic E-state index is 0.0244. The number of aliphatic carboxylic acids is 1. The van der Waals surface area contributed by atoms with Gasteiger partial charge in [-0.3, -0.25) is 9.59 Å². The number of aromatic nitrogens is 1. The Balaban J connectivity index is 1.25. The minimum atomic E-state index is -1.37. The number of aliphatic imine (C=N–C) groups is 1. The SMILES string of the molecule is Cc1cc(CN/C(=N\CN)NC[C@H](NC(=O)c2c(Cl)cc3c(c2Cl)CCN(C(=O)c2cc4ccccc4o2)C3)C(=O)O)no1. The van der Waals surface area contributed by atoms with E-state index in [1.54, 1.807) is 36.1 Å². The number of rotatable bonds is 9. The zero-order valence-corrected chi connectivity index (χ0v) is 25.0. The predicted molar refractivity (Wildman–Crippen MR) is 163 cm³/mol. The predicted octanol–water partition coefficient (Wildman–Crippen LogP) is 3.07. The van der Waals surface area contributed by atoms with Crippen molar-refractivity contribution >= 4 is 57.9 Å². The van der Waals surface area contributed by atoms with Gasteiger partial charge in [0.05, 0.1) is 28.8 Å². The third kappa shape index (κ3) is 6.80. The summed E-state index contributed by atoms with van der Waals surface area (Å²) in [5.74, 6) is -1.27. The van der Waals surface area contributed by atoms with E-state index in [-0.39, 0.29) is 59.5 Å². The smallest absolute Gasteiger partial charge is 0.328 e. The number of fused-ring (bicyclic) bond motifs is 2. The third-order valence-electron chi connectivity index (χ3n) is 7.00. The molecule has 1 aliphatic rings. The van der Waals surface area contributed by atoms with Gasteiger partial charge in [-0.1, -0.05) is 46.6 Å². The van der Waals surface area contributed by atoms with E-state index < -0.39 is 17.9 Å². The van der Waals surface area contributed by atoms with Gasteiger partial charge >= 0.3 is 5.97 Å². The standard InChI is InChI=1S/C29H29Cl2N7O6/c1-15-8-18(37-44-15)11-33-29(35-14-32)34-12-21(28(41)42)36-26(39)24-20(30)9-17-13-38(7-6-19(17)25(24)31)27(40)23-10-16-4-2-3-5-22(16)43-23/h2-5,8-10,21H,6-7,11-14,32H2,1H3,(H,36,39)(H,41,42)(H2,33,34,35)/t21-/m0/s1. The topological polar surface area (TPSA) is 188 Å². The molecule has 2 amide bonds. The number of guanidine groups is 1. The van der Waals surface area contributed by atoms with Crippen LogP contribution < -0.4 is 21.7 Å². The van der Waals surface area contributed by atoms with Gasteiger partial charge in [0.2, 0.25) is 0 Å². The lowest BCUT2D eigenvalue weighted by Crippen LogP contribution is -2.50. The molecule has 5 rings (SSSR count). The van der Waals surface area contributed by atoms with Crippen LogP contribution in [0.1, 0.15) is 43.5 Å². The number of carbonyl (C=O) groups is 3. The average Bonchev–Trinajstić information content (AvgIpc) is 3.62. The second-order valence-corrected chi connectivity index (χ2v) is 10.8. The summed E-state index contributed by atoms with van der Waals surface area (Å²) in [5, 5.41) is 22.9. The summed E-state index contributed by atoms with van der Waals surface area (Å²) < 4.78 is 10.8. The maximum absolute atomic E-state index is 13.3. The maximum Gasteiger partial charge on any atom is 0.328 e. The van der Waals surface area contributed by atoms with E-state index in [0.717, 1.165) is 5.39 Å². The van der Waals surface area contributed by atoms with Crippen LogP contribution in [-0.2, 0) is 24.3 Å². The van der Waals surface area contributed by atoms with Crippen LogP contribution in [0, 0.1) is 6.92 Å². The molecule has 15 heteroatoms. The first kappa shape index (κ1) is 30.9. The number of hydrogen-bond donors (Lipinski definition) is 5. The molecule has 2 aromatic heterocycles. The first-order valence-corrected chi connectivity index (χ1v) is 14.4. The second kappa shape index (κ2) is 13.4. The Kier molecular flexibility index (Phi) is 9.37. The summed E-state index contributed by atoms with van der Waals surface area (Å²) in [5.41, 5.74) is 8.05. The maximum atomic E-state index is 13.3. The highest BCUT2D eigenvalue weighted by molar-refractivity contribution is 6.40. The lowest BCUT2D eigenvalue weighted by molar-refractivity contribution is -0.139. The van der Waals surface area contributed by atoms with Gasteiger partial charge in [-0.05, 0) is 42.7 Å². The first-order chi connectivity index (χ1) is 21.1. The number of benzene rings is 2. The van der Waals surface area contributed by atoms with Crippen LogP contribution in [-0.4, -0.2) is 64.7 Å². The van der Waals surface area contributed by atoms with E-state index in [1.165, 1.54) is 0 Å². The van der Waals surface area contributed by atoms with E-state index in [1.807, 2.05) is 18.2 Å². The first-order valence-electron chi connectivity index (χ1n) is 13.6. The molecule has 4 aromatic rings. The van der Waals surface area contributed by atoms with Crippen LogP contribution in [0.25, 0.3) is 11.0 Å². The molecule has 0 unspecified atom stereocenters. The van der Waals surface area contributed by atoms with Gasteiger partial charge in [-0.15, -0.1) is 0 Å². The molecule has 1 atom stereocenters. The van der Waals surface area contributed by atoms with Crippen molar-refractivity contribution in [1.82, 2.24) is 26.0 Å². The number of furan rings is 1. The van der Waals surface area contributed by atoms with Crippen LogP contribution >= 0.6 is 23.2 Å². The van der Waals surface area contributed by atoms with E-state index in [0.29, 0.717) is 41.1 Å². The Morgan fingerprint density at radius 2 is 1.98 bits per heavy atom. The quantitative estimate of drug-likeness (QED) is 0.134. The molecule has 230 valence electrons. The zero-order chi connectivity index (χ0) is 31.4. The molecule has 1 aliphatic heterocycles. The van der Waals surface area contributed by atoms with E-state index >= 15 is 0 Å². The molecule has 6 N–H and O–H groups in total. The number of para-hydroxylation sites is 1. The van der Waals surface area contributed by atoms with Crippen molar-refractivity contribution in [2.45, 2.75) is 32.5 Å². The minimum Gasteiger partial charge on any atom is -0.480 e. The fourth-order valence-corrected chi connectivity index (χ4v) is 5.61. The molecule has 0 spiro atoms. The number of carboxylic acids is 1. The number of nitrogens with zero attached hydrogens (tertiary/aromatic N) is 3. The van der Waals surface area contributed by atoms with Crippen LogP contribution in [0.15, 0.2) is 56.4 Å². The van der Waals surface area contributed by atoms with Crippen molar-refractivity contribution in [2.75, 3.05) is 19.8 Å². The highest BCUT2D eigenvalue weighted by Gasteiger charge is 2.30. The van der Waals surface area contributed by atoms with Gasteiger partial charge in [0.1, 0.15) is 23.1 Å². The summed E-state index contributed by atoms with van der Waals surface area (Å²) >= 11 is 13.2. The molecule has 3 heterocycles. The number of amides is 2. The summed E-state index contributed by atoms with van der Waals surface area (Å²) in [6, 6.07) is 11.0. The highest BCUT2D eigenvalue weighted by atomic mass is 35.5. The van der Waals surface area contributed by atoms with Gasteiger partial charge in [0.25, 0.3) is 11.8 Å². The summed E-state index contributed by atoms with van der Waals surface area (Å²) in [6.45, 7) is 2.23. The largest absolute Gasteiger partial charge is 0.480 e. The van der Waals surface area contributed by atoms with Crippen LogP contribution in [0.2, 0.25) is 10.0 Å². The molecule has 13 nitrogen and oxygen atoms in total. The van der Waals surface area contributed by atoms with Gasteiger partial charge in [0.15, 0.2) is 11.7 Å². The molecule has 0 saturated heterocycles. The molecule has 0 bridgehead atoms. The van der Waals surface area contributed by atoms with Crippen LogP contribution in [0.3, 0.4) is 0 Å². The van der Waals surface area contributed by atoms with E-state index in [9.17, 15) is 19.5 Å². The van der Waals surface area contributed by atoms with Crippen molar-refractivity contribution in [3.63, 3.8) is 0 Å². The second-order valence-electron chi connectivity index (χ2n) is 10.0. The molecule has 2 aromatic carbocycles. The monoisotopic (exact) mass is 641 g/mol. The Hall–Kier alpha value is -4.59. The third-order valence-corrected chi connectivity index (χ3v) is 7.71. The molecule has 0 radical (unpaired) electrons. The average molecular weight is 643 g/mol. The highest BCUT2D eigenvalue weighted by Crippen LogP contribution is 2.35. The Morgan fingerprint density at radius 1 is 1.18 bits per heavy atom. The zero-order valence-electron chi connectivity index (χ0n) is 23.5. The number of carboxylic acid groups (broad SMARTS) is 1. The Morgan fingerprint density at radius 3 is 2.68 bits per heavy atom. The Labute approximate surface area is 261 Å². The van der Waals surface area contributed by atoms with Crippen molar-refractivity contribution in [1.29, 1.82) is 0 Å². The number of halogens is 2. The lowest BCUT2D eigenvalue weighted by Gasteiger charge is -2.30. The number of nitrogens with one attached hydrogen (secondary N) is 3. The van der Waals surface area contributed by atoms with Crippen LogP contribution in [0.4, 0.5) is 0 Å². The number of carbonyl (C=O) groups excluding carboxylic acids is 2. The van der Waals surface area contributed by atoms with Gasteiger partial charge < -0.3 is 40.6 Å². The number of aryl methyl sites for hydroxylation is 1. The molecule has 0 aliphatic carbocycles. The normalized spacial score (nSPS) is 13.8. The van der Waals surface area contributed by atoms with Crippen molar-refractivity contribution in [3.8, 4) is 0 Å². The van der Waals surface area contributed by atoms with Gasteiger partial charge in [-0.2, -0.15) is 0 Å².